The van der Waals surface area contributed by atoms with Gasteiger partial charge in [-0.05, 0) is 154 Å². The monoisotopic (exact) mass is 1280 g/mol. The van der Waals surface area contributed by atoms with Crippen molar-refractivity contribution in [2.75, 3.05) is 62.2 Å². The molecule has 0 unspecified atom stereocenters. The Morgan fingerprint density at radius 3 is 1.38 bits per heavy atom. The Bertz CT molecular complexity index is 3200. The zero-order valence-corrected chi connectivity index (χ0v) is 52.2. The second-order valence-electron chi connectivity index (χ2n) is 23.6. The van der Waals surface area contributed by atoms with E-state index in [2.05, 4.69) is 72.2 Å². The van der Waals surface area contributed by atoms with Crippen LogP contribution in [0.2, 0.25) is 5.02 Å². The number of hydrogen-bond donors (Lipinski definition) is 14. The standard InChI is InChI=1S/C25H32O5.C22H27NO6S.C21H24ClNO5S/c1-2-16-9-10-19(25-24(29)23(28)22(27)21(14-26)30-25)13-20(16)12-15-7-8-17-5-3-4-6-18(17)11-15;1-28-16-4-3-13(22-21(27)20(26)19(25)17(11-24)29-22)10-14(16)8-12-2-5-18-15(9-12)23-6-7-30-18;22-14-3-2-12(21-20(27)19(26)18(25)16(10-24)28-21)9-13(14)7-11-1-4-17-15(8-11)23-5-6-29-17/h7-11,13,21-29H,2-6,12,14H2,1H3;2-5,9-10,17,19-27H,6-8,11H2,1H3;1-4,8-9,16,18-21,23-27H,5-7,10H2/t21-,22-,23+,24-,25+;17-,19-,20+,21-,22+;16-,18-,19+,20-,21+/m111/s1. The van der Waals surface area contributed by atoms with Crippen molar-refractivity contribution >= 4 is 46.5 Å². The number of fused-ring (bicyclic) bond motifs is 3. The highest BCUT2D eigenvalue weighted by molar-refractivity contribution is 7.99. The lowest BCUT2D eigenvalue weighted by Gasteiger charge is -2.40. The molecule has 0 amide bonds. The zero-order chi connectivity index (χ0) is 63.0. The third-order valence-corrected chi connectivity index (χ3v) is 20.2. The highest BCUT2D eigenvalue weighted by Crippen LogP contribution is 2.40. The minimum absolute atomic E-state index is 0.420. The lowest BCUT2D eigenvalue weighted by molar-refractivity contribution is -0.231. The van der Waals surface area contributed by atoms with E-state index in [0.717, 1.165) is 83.0 Å². The van der Waals surface area contributed by atoms with Gasteiger partial charge in [0, 0.05) is 57.2 Å². The van der Waals surface area contributed by atoms with Crippen molar-refractivity contribution in [1.82, 2.24) is 0 Å². The van der Waals surface area contributed by atoms with E-state index in [1.165, 1.54) is 56.9 Å². The fourth-order valence-electron chi connectivity index (χ4n) is 12.6. The highest BCUT2D eigenvalue weighted by atomic mass is 35.5. The zero-order valence-electron chi connectivity index (χ0n) is 49.9. The first-order chi connectivity index (χ1) is 43.0. The Labute approximate surface area is 532 Å². The maximum absolute atomic E-state index is 10.5. The number of rotatable bonds is 14. The molecule has 3 fully saturated rings. The first kappa shape index (κ1) is 67.0. The molecule has 21 heteroatoms. The molecule has 89 heavy (non-hydrogen) atoms. The van der Waals surface area contributed by atoms with Gasteiger partial charge in [0.05, 0.1) is 26.9 Å². The summed E-state index contributed by atoms with van der Waals surface area (Å²) in [7, 11) is 1.61. The molecule has 5 aliphatic heterocycles. The summed E-state index contributed by atoms with van der Waals surface area (Å²) in [5.74, 6) is 2.82. The van der Waals surface area contributed by atoms with Crippen LogP contribution in [0.15, 0.2) is 119 Å². The molecule has 6 aromatic rings. The van der Waals surface area contributed by atoms with E-state index in [-0.39, 0.29) is 0 Å². The highest BCUT2D eigenvalue weighted by Gasteiger charge is 2.46. The summed E-state index contributed by atoms with van der Waals surface area (Å²) in [5, 5.41) is 128. The number of hydrogen-bond acceptors (Lipinski definition) is 20. The minimum atomic E-state index is -1.41. The van der Waals surface area contributed by atoms with Gasteiger partial charge in [-0.1, -0.05) is 85.3 Å². The van der Waals surface area contributed by atoms with Gasteiger partial charge in [-0.15, -0.1) is 23.5 Å². The van der Waals surface area contributed by atoms with E-state index >= 15 is 0 Å². The van der Waals surface area contributed by atoms with Crippen LogP contribution in [0.4, 0.5) is 11.4 Å². The molecular weight excluding hydrogens is 1200 g/mol. The molecule has 6 aliphatic rings. The van der Waals surface area contributed by atoms with Gasteiger partial charge in [0.2, 0.25) is 0 Å². The van der Waals surface area contributed by atoms with Crippen molar-refractivity contribution in [2.24, 2.45) is 0 Å². The van der Waals surface area contributed by atoms with E-state index in [0.29, 0.717) is 34.7 Å². The van der Waals surface area contributed by atoms with Gasteiger partial charge >= 0.3 is 0 Å². The molecule has 14 N–H and O–H groups in total. The van der Waals surface area contributed by atoms with Crippen LogP contribution in [0.3, 0.4) is 0 Å². The third kappa shape index (κ3) is 15.5. The molecule has 0 spiro atoms. The average Bonchev–Trinajstić information content (AvgIpc) is 1.51. The van der Waals surface area contributed by atoms with Crippen molar-refractivity contribution in [1.29, 1.82) is 0 Å². The maximum atomic E-state index is 10.5. The number of benzene rings is 6. The van der Waals surface area contributed by atoms with Crippen molar-refractivity contribution in [2.45, 2.75) is 160 Å². The lowest BCUT2D eigenvalue weighted by atomic mass is 9.87. The van der Waals surface area contributed by atoms with Crippen LogP contribution >= 0.6 is 35.1 Å². The number of ether oxygens (including phenoxy) is 4. The average molecular weight is 1280 g/mol. The van der Waals surface area contributed by atoms with Gasteiger partial charge in [0.1, 0.15) is 97.3 Å². The minimum Gasteiger partial charge on any atom is -0.496 e. The van der Waals surface area contributed by atoms with Crippen LogP contribution < -0.4 is 15.4 Å². The molecule has 0 bridgehead atoms. The number of aliphatic hydroxyl groups excluding tert-OH is 12. The normalized spacial score (nSPS) is 28.9. The van der Waals surface area contributed by atoms with Gasteiger partial charge in [0.25, 0.3) is 0 Å². The number of halogens is 1. The fraction of sp³-hybridized carbons (Fsp3) is 0.471. The molecule has 5 heterocycles. The number of aliphatic hydroxyl groups is 12. The molecule has 12 rings (SSSR count). The Hall–Kier alpha value is -4.89. The van der Waals surface area contributed by atoms with E-state index in [4.69, 9.17) is 30.5 Å². The summed E-state index contributed by atoms with van der Waals surface area (Å²) < 4.78 is 22.7. The molecular formula is C68H83ClN2O16S2. The van der Waals surface area contributed by atoms with Crippen LogP contribution in [-0.2, 0) is 52.7 Å². The summed E-state index contributed by atoms with van der Waals surface area (Å²) >= 11 is 10.1. The summed E-state index contributed by atoms with van der Waals surface area (Å²) in [6.45, 7) is 2.67. The number of anilines is 2. The molecule has 3 saturated heterocycles. The predicted octanol–water partition coefficient (Wildman–Crippen LogP) is 5.52. The predicted molar refractivity (Wildman–Crippen MR) is 341 cm³/mol. The fourth-order valence-corrected chi connectivity index (χ4v) is 14.6. The Kier molecular flexibility index (Phi) is 23.1. The first-order valence-electron chi connectivity index (χ1n) is 30.6. The molecule has 0 aromatic heterocycles. The molecule has 0 saturated carbocycles. The number of methoxy groups -OCH3 is 1. The Morgan fingerprint density at radius 2 is 0.888 bits per heavy atom. The molecule has 18 nitrogen and oxygen atoms in total. The first-order valence-corrected chi connectivity index (χ1v) is 32.9. The van der Waals surface area contributed by atoms with Crippen LogP contribution in [0.5, 0.6) is 5.75 Å². The molecule has 15 atom stereocenters. The number of thioether (sulfide) groups is 2. The van der Waals surface area contributed by atoms with Crippen molar-refractivity contribution in [3.63, 3.8) is 0 Å². The topological polar surface area (TPSA) is 304 Å². The van der Waals surface area contributed by atoms with Crippen LogP contribution in [0.25, 0.3) is 0 Å². The molecule has 0 radical (unpaired) electrons. The Morgan fingerprint density at radius 1 is 0.461 bits per heavy atom. The van der Waals surface area contributed by atoms with Crippen molar-refractivity contribution < 1.29 is 80.2 Å². The molecule has 480 valence electrons. The van der Waals surface area contributed by atoms with Gasteiger partial charge in [0.15, 0.2) is 0 Å². The largest absolute Gasteiger partial charge is 0.496 e. The molecule has 6 aromatic carbocycles. The van der Waals surface area contributed by atoms with Crippen LogP contribution in [0.1, 0.15) is 105 Å². The van der Waals surface area contributed by atoms with Gasteiger partial charge in [-0.25, -0.2) is 0 Å². The summed E-state index contributed by atoms with van der Waals surface area (Å²) in [5.41, 5.74) is 14.9. The molecule has 1 aliphatic carbocycles. The van der Waals surface area contributed by atoms with Crippen LogP contribution in [-0.4, -0.2) is 186 Å². The summed E-state index contributed by atoms with van der Waals surface area (Å²) in [6, 6.07) is 36.2. The smallest absolute Gasteiger partial charge is 0.122 e. The lowest BCUT2D eigenvalue weighted by Crippen LogP contribution is -2.55. The number of aryl methyl sites for hydroxylation is 3. The third-order valence-electron chi connectivity index (χ3n) is 17.7. The van der Waals surface area contributed by atoms with E-state index in [1.807, 2.05) is 53.9 Å². The van der Waals surface area contributed by atoms with Crippen LogP contribution in [0, 0.1) is 0 Å². The van der Waals surface area contributed by atoms with E-state index in [9.17, 15) is 61.3 Å². The van der Waals surface area contributed by atoms with E-state index in [1.54, 1.807) is 31.4 Å². The summed E-state index contributed by atoms with van der Waals surface area (Å²) in [6.07, 6.45) is -9.72. The second-order valence-corrected chi connectivity index (χ2v) is 26.3. The SMILES string of the molecule is CCc1ccc([C@@H]2O[C@H](CO)[C@@H](O)[C@H](O)[C@H]2O)cc1Cc1ccc2c(c1)CCCC2.COc1ccc([C@@H]2O[C@H](CO)[C@@H](O)[C@H](O)[C@H]2O)cc1Cc1ccc2c(c1)NCCS2.OC[C@H]1O[C@@H](c2ccc(Cl)c(Cc3ccc4c(c3)NCCS4)c2)[C@H](O)[C@@H](O)[C@@H]1O. The van der Waals surface area contributed by atoms with E-state index < -0.39 is 111 Å². The van der Waals surface area contributed by atoms with Crippen molar-refractivity contribution in [3.05, 3.63) is 181 Å². The van der Waals surface area contributed by atoms with Crippen molar-refractivity contribution in [3.8, 4) is 5.75 Å². The van der Waals surface area contributed by atoms with Gasteiger partial charge in [-0.2, -0.15) is 0 Å². The number of nitrogens with one attached hydrogen (secondary N) is 2. The maximum Gasteiger partial charge on any atom is 0.122 e. The second kappa shape index (κ2) is 30.7. The Balaban J connectivity index is 0.000000147. The van der Waals surface area contributed by atoms with Gasteiger partial charge in [-0.3, -0.25) is 0 Å². The quantitative estimate of drug-likeness (QED) is 0.0639. The summed E-state index contributed by atoms with van der Waals surface area (Å²) in [4.78, 5) is 2.48. The van der Waals surface area contributed by atoms with Gasteiger partial charge < -0.3 is 90.9 Å².